The molecule has 1 saturated heterocycles. The van der Waals surface area contributed by atoms with Crippen LogP contribution in [-0.2, 0) is 9.59 Å². The molecule has 1 rings (SSSR count). The van der Waals surface area contributed by atoms with Gasteiger partial charge in [-0.1, -0.05) is 34.1 Å². The number of hydrogen-bond donors (Lipinski definition) is 1. The van der Waals surface area contributed by atoms with Crippen molar-refractivity contribution < 1.29 is 9.59 Å². The second-order valence-electron chi connectivity index (χ2n) is 6.41. The fourth-order valence-electron chi connectivity index (χ4n) is 2.95. The summed E-state index contributed by atoms with van der Waals surface area (Å²) in [6, 6.07) is -0.208. The van der Waals surface area contributed by atoms with Crippen molar-refractivity contribution in [3.63, 3.8) is 0 Å². The van der Waals surface area contributed by atoms with Gasteiger partial charge in [-0.3, -0.25) is 9.59 Å². The van der Waals surface area contributed by atoms with Gasteiger partial charge in [0.05, 0.1) is 0 Å². The highest BCUT2D eigenvalue weighted by Crippen LogP contribution is 2.27. The van der Waals surface area contributed by atoms with Crippen molar-refractivity contribution in [1.82, 2.24) is 10.2 Å². The molecule has 0 aromatic heterocycles. The maximum atomic E-state index is 12.8. The molecule has 1 aliphatic heterocycles. The van der Waals surface area contributed by atoms with Crippen LogP contribution in [0.3, 0.4) is 0 Å². The minimum Gasteiger partial charge on any atom is -0.340 e. The van der Waals surface area contributed by atoms with Crippen LogP contribution < -0.4 is 5.32 Å². The first-order valence-electron chi connectivity index (χ1n) is 7.95. The van der Waals surface area contributed by atoms with Gasteiger partial charge in [-0.15, -0.1) is 0 Å². The minimum absolute atomic E-state index is 0.00699. The Bertz CT molecular complexity index is 369. The fraction of sp³-hybridized carbons (Fsp3) is 0.875. The van der Waals surface area contributed by atoms with E-state index in [-0.39, 0.29) is 23.9 Å². The summed E-state index contributed by atoms with van der Waals surface area (Å²) in [5.41, 5.74) is -0.744. The number of nitrogens with zero attached hydrogens (tertiary/aromatic N) is 1. The molecule has 1 fully saturated rings. The average molecular weight is 282 g/mol. The molecule has 0 radical (unpaired) electrons. The van der Waals surface area contributed by atoms with Crippen molar-refractivity contribution in [3.05, 3.63) is 0 Å². The molecule has 4 heteroatoms. The number of hydrogen-bond acceptors (Lipinski definition) is 2. The van der Waals surface area contributed by atoms with E-state index >= 15 is 0 Å². The molecule has 116 valence electrons. The topological polar surface area (TPSA) is 49.4 Å². The Morgan fingerprint density at radius 1 is 1.25 bits per heavy atom. The average Bonchev–Trinajstić information content (AvgIpc) is 2.41. The third-order valence-corrected chi connectivity index (χ3v) is 4.75. The zero-order valence-corrected chi connectivity index (χ0v) is 13.8. The third kappa shape index (κ3) is 3.15. The van der Waals surface area contributed by atoms with Crippen molar-refractivity contribution in [2.24, 2.45) is 5.92 Å². The smallest absolute Gasteiger partial charge is 0.248 e. The molecule has 0 aromatic rings. The summed E-state index contributed by atoms with van der Waals surface area (Å²) in [5.74, 6) is 0.628. The van der Waals surface area contributed by atoms with Gasteiger partial charge in [0.25, 0.3) is 0 Å². The molecule has 4 atom stereocenters. The van der Waals surface area contributed by atoms with E-state index in [1.807, 2.05) is 25.7 Å². The lowest BCUT2D eigenvalue weighted by Gasteiger charge is -2.47. The number of amides is 2. The molecule has 0 saturated carbocycles. The van der Waals surface area contributed by atoms with Crippen molar-refractivity contribution in [2.45, 2.75) is 84.8 Å². The van der Waals surface area contributed by atoms with Crippen molar-refractivity contribution in [3.8, 4) is 0 Å². The summed E-state index contributed by atoms with van der Waals surface area (Å²) in [6.45, 7) is 12.2. The zero-order valence-electron chi connectivity index (χ0n) is 13.8. The van der Waals surface area contributed by atoms with E-state index in [4.69, 9.17) is 0 Å². The maximum Gasteiger partial charge on any atom is 0.248 e. The second kappa shape index (κ2) is 6.59. The lowest BCUT2D eigenvalue weighted by molar-refractivity contribution is -0.157. The van der Waals surface area contributed by atoms with Crippen LogP contribution in [0.5, 0.6) is 0 Å². The van der Waals surface area contributed by atoms with Crippen LogP contribution in [-0.4, -0.2) is 34.3 Å². The van der Waals surface area contributed by atoms with Crippen LogP contribution in [0.4, 0.5) is 0 Å². The molecule has 0 aromatic carbocycles. The van der Waals surface area contributed by atoms with Crippen LogP contribution in [0.1, 0.15) is 67.2 Å². The highest BCUT2D eigenvalue weighted by Gasteiger charge is 2.47. The van der Waals surface area contributed by atoms with E-state index in [1.54, 1.807) is 0 Å². The SMILES string of the molecule is CCC(C)CC(C)N1C(=O)C(C)(CC)NC(=O)C1CC. The van der Waals surface area contributed by atoms with Gasteiger partial charge in [0.2, 0.25) is 11.8 Å². The Morgan fingerprint density at radius 3 is 2.30 bits per heavy atom. The molecule has 2 amide bonds. The number of rotatable bonds is 6. The number of nitrogens with one attached hydrogen (secondary N) is 1. The first kappa shape index (κ1) is 17.0. The largest absolute Gasteiger partial charge is 0.340 e. The predicted octanol–water partition coefficient (Wildman–Crippen LogP) is 2.72. The summed E-state index contributed by atoms with van der Waals surface area (Å²) < 4.78 is 0. The summed E-state index contributed by atoms with van der Waals surface area (Å²) in [4.78, 5) is 27.0. The Hall–Kier alpha value is -1.06. The Balaban J connectivity index is 3.02. The van der Waals surface area contributed by atoms with Crippen molar-refractivity contribution in [2.75, 3.05) is 0 Å². The third-order valence-electron chi connectivity index (χ3n) is 4.75. The summed E-state index contributed by atoms with van der Waals surface area (Å²) >= 11 is 0. The van der Waals surface area contributed by atoms with Crippen LogP contribution in [0.2, 0.25) is 0 Å². The quantitative estimate of drug-likeness (QED) is 0.814. The van der Waals surface area contributed by atoms with Crippen LogP contribution >= 0.6 is 0 Å². The zero-order chi connectivity index (χ0) is 15.5. The molecule has 0 spiro atoms. The van der Waals surface area contributed by atoms with E-state index in [1.165, 1.54) is 0 Å². The monoisotopic (exact) mass is 282 g/mol. The second-order valence-corrected chi connectivity index (χ2v) is 6.41. The van der Waals surface area contributed by atoms with E-state index in [0.717, 1.165) is 12.8 Å². The van der Waals surface area contributed by atoms with Gasteiger partial charge in [-0.2, -0.15) is 0 Å². The molecule has 4 nitrogen and oxygen atoms in total. The summed E-state index contributed by atoms with van der Waals surface area (Å²) in [7, 11) is 0. The van der Waals surface area contributed by atoms with Gasteiger partial charge in [0, 0.05) is 6.04 Å². The molecule has 4 unspecified atom stereocenters. The Kier molecular flexibility index (Phi) is 5.60. The molecule has 0 aliphatic carbocycles. The van der Waals surface area contributed by atoms with Crippen molar-refractivity contribution in [1.29, 1.82) is 0 Å². The van der Waals surface area contributed by atoms with Gasteiger partial charge >= 0.3 is 0 Å². The highest BCUT2D eigenvalue weighted by atomic mass is 16.2. The van der Waals surface area contributed by atoms with Crippen LogP contribution in [0.15, 0.2) is 0 Å². The molecule has 1 N–H and O–H groups in total. The fourth-order valence-corrected chi connectivity index (χ4v) is 2.95. The normalized spacial score (nSPS) is 30.1. The molecular formula is C16H30N2O2. The van der Waals surface area contributed by atoms with Crippen molar-refractivity contribution >= 4 is 11.8 Å². The predicted molar refractivity (Wildman–Crippen MR) is 81.3 cm³/mol. The minimum atomic E-state index is -0.744. The number of carbonyl (C=O) groups excluding carboxylic acids is 2. The summed E-state index contributed by atoms with van der Waals surface area (Å²) in [5, 5.41) is 2.92. The van der Waals surface area contributed by atoms with Gasteiger partial charge in [-0.05, 0) is 39.0 Å². The molecule has 20 heavy (non-hydrogen) atoms. The van der Waals surface area contributed by atoms with E-state index in [2.05, 4.69) is 26.1 Å². The molecule has 1 aliphatic rings. The number of carbonyl (C=O) groups is 2. The first-order chi connectivity index (χ1) is 9.30. The standard InChI is InChI=1S/C16H30N2O2/c1-7-11(4)10-12(5)18-13(8-2)14(19)17-16(6,9-3)15(18)20/h11-13H,7-10H2,1-6H3,(H,17,19). The molecular weight excluding hydrogens is 252 g/mol. The van der Waals surface area contributed by atoms with E-state index < -0.39 is 5.54 Å². The Morgan fingerprint density at radius 2 is 1.85 bits per heavy atom. The van der Waals surface area contributed by atoms with Gasteiger partial charge < -0.3 is 10.2 Å². The molecule has 0 bridgehead atoms. The van der Waals surface area contributed by atoms with E-state index in [0.29, 0.717) is 18.8 Å². The highest BCUT2D eigenvalue weighted by molar-refractivity contribution is 5.99. The molecule has 1 heterocycles. The lowest BCUT2D eigenvalue weighted by Crippen LogP contribution is -2.70. The van der Waals surface area contributed by atoms with E-state index in [9.17, 15) is 9.59 Å². The van der Waals surface area contributed by atoms with Gasteiger partial charge in [-0.25, -0.2) is 0 Å². The Labute approximate surface area is 123 Å². The number of piperazine rings is 1. The first-order valence-corrected chi connectivity index (χ1v) is 7.95. The van der Waals surface area contributed by atoms with Gasteiger partial charge in [0.1, 0.15) is 11.6 Å². The van der Waals surface area contributed by atoms with Gasteiger partial charge in [0.15, 0.2) is 0 Å². The summed E-state index contributed by atoms with van der Waals surface area (Å²) in [6.07, 6.45) is 3.34. The van der Waals surface area contributed by atoms with Crippen LogP contribution in [0.25, 0.3) is 0 Å². The van der Waals surface area contributed by atoms with Crippen LogP contribution in [0, 0.1) is 5.92 Å². The lowest BCUT2D eigenvalue weighted by atomic mass is 9.88. The maximum absolute atomic E-state index is 12.8.